The lowest BCUT2D eigenvalue weighted by atomic mass is 10.1. The fourth-order valence-electron chi connectivity index (χ4n) is 2.95. The highest BCUT2D eigenvalue weighted by Crippen LogP contribution is 2.44. The molecular formula is C21H17N3O6S3. The number of nitrogens with one attached hydrogen (secondary N) is 1. The fourth-order valence-corrected chi connectivity index (χ4v) is 6.86. The number of para-hydroxylation sites is 2. The van der Waals surface area contributed by atoms with E-state index in [1.807, 2.05) is 30.3 Å². The van der Waals surface area contributed by atoms with Gasteiger partial charge in [0.2, 0.25) is 0 Å². The van der Waals surface area contributed by atoms with E-state index in [4.69, 9.17) is 4.74 Å². The minimum Gasteiger partial charge on any atom is -0.484 e. The van der Waals surface area contributed by atoms with Gasteiger partial charge in [-0.05, 0) is 35.1 Å². The predicted octanol–water partition coefficient (Wildman–Crippen LogP) is 2.47. The molecule has 0 radical (unpaired) electrons. The molecular weight excluding hydrogens is 486 g/mol. The summed E-state index contributed by atoms with van der Waals surface area (Å²) in [5, 5.41) is 1.76. The number of thiazole rings is 1. The Bertz CT molecular complexity index is 1170. The molecule has 0 spiro atoms. The molecule has 170 valence electrons. The van der Waals surface area contributed by atoms with E-state index in [1.54, 1.807) is 24.3 Å². The van der Waals surface area contributed by atoms with E-state index in [0.29, 0.717) is 10.1 Å². The summed E-state index contributed by atoms with van der Waals surface area (Å²) in [6, 6.07) is 15.4. The molecule has 2 heterocycles. The van der Waals surface area contributed by atoms with Gasteiger partial charge in [-0.15, -0.1) is 11.3 Å². The number of benzene rings is 2. The SMILES string of the molecule is COC(=O)C(=O)N1C(=O)[C@@H](NC(=O)COc2ccccc2)[C@H]1SSc1nc2ccccc2s1. The van der Waals surface area contributed by atoms with Crippen molar-refractivity contribution in [3.8, 4) is 5.75 Å². The largest absolute Gasteiger partial charge is 0.484 e. The van der Waals surface area contributed by atoms with Crippen LogP contribution in [-0.4, -0.2) is 58.7 Å². The second-order valence-corrected chi connectivity index (χ2v) is 10.3. The molecule has 33 heavy (non-hydrogen) atoms. The number of amides is 3. The van der Waals surface area contributed by atoms with E-state index < -0.39 is 35.1 Å². The van der Waals surface area contributed by atoms with Gasteiger partial charge in [0.1, 0.15) is 17.2 Å². The number of fused-ring (bicyclic) bond motifs is 1. The summed E-state index contributed by atoms with van der Waals surface area (Å²) in [5.74, 6) is -2.96. The van der Waals surface area contributed by atoms with Gasteiger partial charge in [0.05, 0.1) is 17.3 Å². The highest BCUT2D eigenvalue weighted by atomic mass is 33.1. The Morgan fingerprint density at radius 1 is 1.12 bits per heavy atom. The number of hydrogen-bond donors (Lipinski definition) is 1. The van der Waals surface area contributed by atoms with E-state index in [1.165, 1.54) is 22.1 Å². The molecule has 0 bridgehead atoms. The normalized spacial score (nSPS) is 17.4. The van der Waals surface area contributed by atoms with Gasteiger partial charge >= 0.3 is 11.9 Å². The van der Waals surface area contributed by atoms with Crippen LogP contribution in [0, 0.1) is 0 Å². The van der Waals surface area contributed by atoms with Crippen molar-refractivity contribution in [1.29, 1.82) is 0 Å². The molecule has 1 saturated heterocycles. The highest BCUT2D eigenvalue weighted by Gasteiger charge is 2.54. The molecule has 1 N–H and O–H groups in total. The molecule has 4 rings (SSSR count). The zero-order valence-electron chi connectivity index (χ0n) is 17.1. The third-order valence-corrected chi connectivity index (χ3v) is 8.56. The van der Waals surface area contributed by atoms with Gasteiger partial charge in [0.15, 0.2) is 10.9 Å². The number of carbonyl (C=O) groups excluding carboxylic acids is 4. The van der Waals surface area contributed by atoms with Crippen LogP contribution in [0.4, 0.5) is 0 Å². The summed E-state index contributed by atoms with van der Waals surface area (Å²) in [6.07, 6.45) is 0. The average molecular weight is 504 g/mol. The molecule has 0 aliphatic carbocycles. The van der Waals surface area contributed by atoms with Crippen LogP contribution in [-0.2, 0) is 23.9 Å². The Labute approximate surface area is 200 Å². The van der Waals surface area contributed by atoms with Crippen molar-refractivity contribution < 1.29 is 28.7 Å². The Morgan fingerprint density at radius 3 is 2.58 bits per heavy atom. The van der Waals surface area contributed by atoms with Crippen LogP contribution >= 0.6 is 32.9 Å². The number of β-lactam (4-membered cyclic amide) rings is 1. The lowest BCUT2D eigenvalue weighted by molar-refractivity contribution is -0.169. The molecule has 3 aromatic rings. The molecule has 1 aliphatic heterocycles. The number of likely N-dealkylation sites (tertiary alicyclic amines) is 1. The van der Waals surface area contributed by atoms with Crippen LogP contribution in [0.15, 0.2) is 58.9 Å². The summed E-state index contributed by atoms with van der Waals surface area (Å²) >= 11 is 1.46. The molecule has 2 aromatic carbocycles. The Balaban J connectivity index is 1.43. The quantitative estimate of drug-likeness (QED) is 0.225. The zero-order chi connectivity index (χ0) is 23.4. The number of esters is 1. The van der Waals surface area contributed by atoms with Crippen molar-refractivity contribution in [2.75, 3.05) is 13.7 Å². The number of hydrogen-bond acceptors (Lipinski definition) is 10. The van der Waals surface area contributed by atoms with Gasteiger partial charge in [-0.1, -0.05) is 41.1 Å². The maximum Gasteiger partial charge on any atom is 0.397 e. The molecule has 1 aliphatic rings. The minimum atomic E-state index is -1.16. The number of methoxy groups -OCH3 is 1. The molecule has 1 fully saturated rings. The van der Waals surface area contributed by atoms with Crippen LogP contribution in [0.3, 0.4) is 0 Å². The molecule has 3 amide bonds. The summed E-state index contributed by atoms with van der Waals surface area (Å²) in [5.41, 5.74) is 0.834. The first-order valence-corrected chi connectivity index (χ1v) is 12.6. The van der Waals surface area contributed by atoms with Gasteiger partial charge in [-0.2, -0.15) is 0 Å². The highest BCUT2D eigenvalue weighted by molar-refractivity contribution is 8.77. The van der Waals surface area contributed by atoms with E-state index in [-0.39, 0.29) is 6.61 Å². The monoisotopic (exact) mass is 503 g/mol. The van der Waals surface area contributed by atoms with Gasteiger partial charge < -0.3 is 14.8 Å². The molecule has 12 heteroatoms. The Morgan fingerprint density at radius 2 is 1.85 bits per heavy atom. The zero-order valence-corrected chi connectivity index (χ0v) is 19.6. The van der Waals surface area contributed by atoms with Gasteiger partial charge in [0, 0.05) is 0 Å². The van der Waals surface area contributed by atoms with Crippen LogP contribution in [0.5, 0.6) is 5.75 Å². The van der Waals surface area contributed by atoms with Gasteiger partial charge in [-0.25, -0.2) is 9.78 Å². The summed E-state index contributed by atoms with van der Waals surface area (Å²) < 4.78 is 11.6. The Hall–Kier alpha value is -3.09. The van der Waals surface area contributed by atoms with Crippen LogP contribution in [0.2, 0.25) is 0 Å². The number of imide groups is 1. The molecule has 9 nitrogen and oxygen atoms in total. The van der Waals surface area contributed by atoms with Crippen LogP contribution in [0.25, 0.3) is 10.2 Å². The van der Waals surface area contributed by atoms with E-state index in [9.17, 15) is 19.2 Å². The van der Waals surface area contributed by atoms with Crippen molar-refractivity contribution in [3.05, 3.63) is 54.6 Å². The lowest BCUT2D eigenvalue weighted by Gasteiger charge is -2.43. The van der Waals surface area contributed by atoms with E-state index in [0.717, 1.165) is 33.0 Å². The first-order chi connectivity index (χ1) is 16.0. The summed E-state index contributed by atoms with van der Waals surface area (Å²) in [4.78, 5) is 54.3. The minimum absolute atomic E-state index is 0.304. The lowest BCUT2D eigenvalue weighted by Crippen LogP contribution is -2.71. The molecule has 0 unspecified atom stereocenters. The number of ether oxygens (including phenoxy) is 2. The van der Waals surface area contributed by atoms with Crippen molar-refractivity contribution in [2.45, 2.75) is 15.8 Å². The number of aromatic nitrogens is 1. The maximum atomic E-state index is 12.6. The Kier molecular flexibility index (Phi) is 7.16. The number of carbonyl (C=O) groups is 4. The first-order valence-electron chi connectivity index (χ1n) is 9.59. The predicted molar refractivity (Wildman–Crippen MR) is 125 cm³/mol. The van der Waals surface area contributed by atoms with Crippen molar-refractivity contribution in [2.24, 2.45) is 0 Å². The fraction of sp³-hybridized carbons (Fsp3) is 0.190. The first kappa shape index (κ1) is 23.1. The molecule has 2 atom stereocenters. The van der Waals surface area contributed by atoms with Crippen molar-refractivity contribution in [3.63, 3.8) is 0 Å². The average Bonchev–Trinajstić information content (AvgIpc) is 3.26. The molecule has 1 aromatic heterocycles. The second kappa shape index (κ2) is 10.2. The van der Waals surface area contributed by atoms with Crippen molar-refractivity contribution in [1.82, 2.24) is 15.2 Å². The van der Waals surface area contributed by atoms with Crippen LogP contribution in [0.1, 0.15) is 0 Å². The standard InChI is InChI=1S/C21H17N3O6S3/c1-29-20(28)18(27)24-17(26)16(23-15(25)11-30-12-7-3-2-4-8-12)19(24)32-33-21-22-13-9-5-6-10-14(13)31-21/h2-10,16,19H,11H2,1H3,(H,23,25)/t16-,19-/m1/s1. The third-order valence-electron chi connectivity index (χ3n) is 4.54. The topological polar surface area (TPSA) is 115 Å². The number of nitrogens with zero attached hydrogens (tertiary/aromatic N) is 2. The van der Waals surface area contributed by atoms with Gasteiger partial charge in [-0.3, -0.25) is 19.3 Å². The summed E-state index contributed by atoms with van der Waals surface area (Å²) in [7, 11) is 3.46. The smallest absolute Gasteiger partial charge is 0.397 e. The number of rotatable bonds is 7. The van der Waals surface area contributed by atoms with E-state index >= 15 is 0 Å². The van der Waals surface area contributed by atoms with E-state index in [2.05, 4.69) is 15.0 Å². The van der Waals surface area contributed by atoms with Gasteiger partial charge in [0.25, 0.3) is 11.8 Å². The van der Waals surface area contributed by atoms with Crippen molar-refractivity contribution >= 4 is 66.8 Å². The third kappa shape index (κ3) is 5.13. The second-order valence-electron chi connectivity index (χ2n) is 6.67. The maximum absolute atomic E-state index is 12.6. The van der Waals surface area contributed by atoms with Crippen LogP contribution < -0.4 is 10.1 Å². The summed E-state index contributed by atoms with van der Waals surface area (Å²) in [6.45, 7) is -0.304. The molecule has 0 saturated carbocycles.